The number of aromatic nitrogens is 3. The predicted molar refractivity (Wildman–Crippen MR) is 117 cm³/mol. The number of rotatable bonds is 5. The number of carbonyl (C=O) groups is 2. The van der Waals surface area contributed by atoms with Crippen LogP contribution in [0.25, 0.3) is 5.82 Å². The third-order valence-corrected chi connectivity index (χ3v) is 5.13. The molecule has 1 N–H and O–H groups in total. The Labute approximate surface area is 180 Å². The summed E-state index contributed by atoms with van der Waals surface area (Å²) in [5.74, 6) is 1.18. The summed E-state index contributed by atoms with van der Waals surface area (Å²) >= 11 is 0. The van der Waals surface area contributed by atoms with Crippen LogP contribution in [0.5, 0.6) is 5.75 Å². The lowest BCUT2D eigenvalue weighted by molar-refractivity contribution is -0.114. The summed E-state index contributed by atoms with van der Waals surface area (Å²) < 4.78 is 7.14. The van der Waals surface area contributed by atoms with Crippen LogP contribution in [-0.2, 0) is 4.79 Å². The molecule has 4 rings (SSSR count). The summed E-state index contributed by atoms with van der Waals surface area (Å²) in [5, 5.41) is 2.67. The Bertz CT molecular complexity index is 1070. The highest BCUT2D eigenvalue weighted by Gasteiger charge is 2.25. The number of ether oxygens (including phenoxy) is 1. The molecule has 2 aromatic heterocycles. The van der Waals surface area contributed by atoms with Crippen molar-refractivity contribution in [2.45, 2.75) is 6.92 Å². The fourth-order valence-corrected chi connectivity index (χ4v) is 3.58. The molecule has 1 aliphatic rings. The fraction of sp³-hybridized carbons (Fsp3) is 0.273. The standard InChI is InChI=1S/C22H24N6O3/c1-16(29)25-17-7-8-21(23-13-17)28-14-18(24-15-28)22(30)27-11-9-26(10-12-27)19-5-3-4-6-20(19)31-2/h3-8,13-15H,9-12H2,1-2H3,(H,25,29). The lowest BCUT2D eigenvalue weighted by Crippen LogP contribution is -2.49. The average Bonchev–Trinajstić information content (AvgIpc) is 3.29. The summed E-state index contributed by atoms with van der Waals surface area (Å²) in [6, 6.07) is 11.4. The van der Waals surface area contributed by atoms with Gasteiger partial charge in [-0.15, -0.1) is 0 Å². The molecule has 1 aromatic carbocycles. The van der Waals surface area contributed by atoms with E-state index in [9.17, 15) is 9.59 Å². The first-order valence-corrected chi connectivity index (χ1v) is 10.0. The monoisotopic (exact) mass is 420 g/mol. The molecular weight excluding hydrogens is 396 g/mol. The van der Waals surface area contributed by atoms with Crippen LogP contribution in [0.15, 0.2) is 55.1 Å². The van der Waals surface area contributed by atoms with Crippen LogP contribution < -0.4 is 15.0 Å². The summed E-state index contributed by atoms with van der Waals surface area (Å²) in [6.45, 7) is 4.09. The molecule has 0 radical (unpaired) electrons. The van der Waals surface area contributed by atoms with Gasteiger partial charge in [-0.2, -0.15) is 0 Å². The topological polar surface area (TPSA) is 92.6 Å². The minimum atomic E-state index is -0.157. The molecule has 9 nitrogen and oxygen atoms in total. The summed E-state index contributed by atoms with van der Waals surface area (Å²) in [4.78, 5) is 36.7. The van der Waals surface area contributed by atoms with Gasteiger partial charge in [0.15, 0.2) is 0 Å². The van der Waals surface area contributed by atoms with Gasteiger partial charge >= 0.3 is 0 Å². The predicted octanol–water partition coefficient (Wildman–Crippen LogP) is 2.20. The van der Waals surface area contributed by atoms with Crippen molar-refractivity contribution in [3.63, 3.8) is 0 Å². The summed E-state index contributed by atoms with van der Waals surface area (Å²) in [7, 11) is 1.66. The van der Waals surface area contributed by atoms with Crippen molar-refractivity contribution in [3.8, 4) is 11.6 Å². The van der Waals surface area contributed by atoms with E-state index >= 15 is 0 Å². The van der Waals surface area contributed by atoms with Crippen LogP contribution in [0.3, 0.4) is 0 Å². The zero-order valence-corrected chi connectivity index (χ0v) is 17.5. The number of amides is 2. The molecule has 9 heteroatoms. The average molecular weight is 420 g/mol. The van der Waals surface area contributed by atoms with Gasteiger partial charge in [-0.3, -0.25) is 14.2 Å². The molecule has 0 atom stereocenters. The Kier molecular flexibility index (Phi) is 5.83. The Morgan fingerprint density at radius 3 is 2.48 bits per heavy atom. The van der Waals surface area contributed by atoms with Gasteiger partial charge in [0.25, 0.3) is 5.91 Å². The molecule has 0 bridgehead atoms. The zero-order chi connectivity index (χ0) is 21.8. The van der Waals surface area contributed by atoms with Crippen LogP contribution in [0.2, 0.25) is 0 Å². The van der Waals surface area contributed by atoms with Gasteiger partial charge in [-0.25, -0.2) is 9.97 Å². The van der Waals surface area contributed by atoms with E-state index in [0.29, 0.717) is 30.3 Å². The maximum atomic E-state index is 12.9. The molecular formula is C22H24N6O3. The van der Waals surface area contributed by atoms with E-state index in [1.807, 2.05) is 29.2 Å². The minimum absolute atomic E-state index is 0.103. The van der Waals surface area contributed by atoms with E-state index in [4.69, 9.17) is 4.74 Å². The molecule has 3 aromatic rings. The SMILES string of the molecule is COc1ccccc1N1CCN(C(=O)c2cn(-c3ccc(NC(C)=O)cn3)cn2)CC1. The van der Waals surface area contributed by atoms with E-state index in [1.165, 1.54) is 6.92 Å². The first kappa shape index (κ1) is 20.4. The third-order valence-electron chi connectivity index (χ3n) is 5.13. The maximum Gasteiger partial charge on any atom is 0.274 e. The largest absolute Gasteiger partial charge is 0.495 e. The van der Waals surface area contributed by atoms with Crippen LogP contribution in [-0.4, -0.2) is 64.5 Å². The minimum Gasteiger partial charge on any atom is -0.495 e. The molecule has 2 amide bonds. The molecule has 31 heavy (non-hydrogen) atoms. The van der Waals surface area contributed by atoms with E-state index in [1.54, 1.807) is 42.5 Å². The number of piperazine rings is 1. The first-order chi connectivity index (χ1) is 15.0. The number of hydrogen-bond donors (Lipinski definition) is 1. The van der Waals surface area contributed by atoms with Gasteiger partial charge in [0.1, 0.15) is 23.6 Å². The normalized spacial score (nSPS) is 13.7. The molecule has 0 unspecified atom stereocenters. The number of nitrogens with one attached hydrogen (secondary N) is 1. The van der Waals surface area contributed by atoms with Gasteiger partial charge in [-0.1, -0.05) is 12.1 Å². The highest BCUT2D eigenvalue weighted by molar-refractivity contribution is 5.92. The van der Waals surface area contributed by atoms with Crippen LogP contribution in [0, 0.1) is 0 Å². The summed E-state index contributed by atoms with van der Waals surface area (Å²) in [6.07, 6.45) is 4.81. The lowest BCUT2D eigenvalue weighted by atomic mass is 10.2. The van der Waals surface area contributed by atoms with Crippen LogP contribution in [0.4, 0.5) is 11.4 Å². The highest BCUT2D eigenvalue weighted by Crippen LogP contribution is 2.28. The van der Waals surface area contributed by atoms with E-state index in [2.05, 4.69) is 20.2 Å². The third kappa shape index (κ3) is 4.50. The number of benzene rings is 1. The van der Waals surface area contributed by atoms with Gasteiger partial charge in [-0.05, 0) is 24.3 Å². The Morgan fingerprint density at radius 2 is 1.81 bits per heavy atom. The van der Waals surface area contributed by atoms with Crippen molar-refractivity contribution in [1.82, 2.24) is 19.4 Å². The number of carbonyl (C=O) groups excluding carboxylic acids is 2. The molecule has 1 aliphatic heterocycles. The second kappa shape index (κ2) is 8.86. The van der Waals surface area contributed by atoms with Gasteiger partial charge in [0.05, 0.1) is 24.7 Å². The van der Waals surface area contributed by atoms with Crippen molar-refractivity contribution in [1.29, 1.82) is 0 Å². The van der Waals surface area contributed by atoms with E-state index < -0.39 is 0 Å². The number of pyridine rings is 1. The number of nitrogens with zero attached hydrogens (tertiary/aromatic N) is 5. The van der Waals surface area contributed by atoms with Crippen molar-refractivity contribution >= 4 is 23.2 Å². The quantitative estimate of drug-likeness (QED) is 0.680. The Morgan fingerprint density at radius 1 is 1.03 bits per heavy atom. The second-order valence-corrected chi connectivity index (χ2v) is 7.20. The molecule has 160 valence electrons. The maximum absolute atomic E-state index is 12.9. The Hall–Kier alpha value is -3.88. The van der Waals surface area contributed by atoms with Gasteiger partial charge in [0, 0.05) is 39.3 Å². The number of para-hydroxylation sites is 2. The van der Waals surface area contributed by atoms with Crippen molar-refractivity contribution in [3.05, 3.63) is 60.8 Å². The van der Waals surface area contributed by atoms with Crippen molar-refractivity contribution in [2.75, 3.05) is 43.5 Å². The van der Waals surface area contributed by atoms with E-state index in [-0.39, 0.29) is 11.8 Å². The highest BCUT2D eigenvalue weighted by atomic mass is 16.5. The van der Waals surface area contributed by atoms with Crippen LogP contribution >= 0.6 is 0 Å². The van der Waals surface area contributed by atoms with Gasteiger partial charge < -0.3 is 19.9 Å². The van der Waals surface area contributed by atoms with E-state index in [0.717, 1.165) is 24.5 Å². The smallest absolute Gasteiger partial charge is 0.274 e. The van der Waals surface area contributed by atoms with Crippen molar-refractivity contribution in [2.24, 2.45) is 0 Å². The molecule has 0 saturated carbocycles. The molecule has 0 aliphatic carbocycles. The molecule has 3 heterocycles. The summed E-state index contributed by atoms with van der Waals surface area (Å²) in [5.41, 5.74) is 2.02. The lowest BCUT2D eigenvalue weighted by Gasteiger charge is -2.36. The number of hydrogen-bond acceptors (Lipinski definition) is 6. The van der Waals surface area contributed by atoms with Gasteiger partial charge in [0.2, 0.25) is 5.91 Å². The number of methoxy groups -OCH3 is 1. The number of anilines is 2. The first-order valence-electron chi connectivity index (χ1n) is 10.0. The Balaban J connectivity index is 1.40. The zero-order valence-electron chi connectivity index (χ0n) is 17.5. The molecule has 0 spiro atoms. The molecule has 1 saturated heterocycles. The van der Waals surface area contributed by atoms with Crippen molar-refractivity contribution < 1.29 is 14.3 Å². The molecule has 1 fully saturated rings. The number of imidazole rings is 1. The fourth-order valence-electron chi connectivity index (χ4n) is 3.58. The second-order valence-electron chi connectivity index (χ2n) is 7.20. The van der Waals surface area contributed by atoms with Crippen LogP contribution in [0.1, 0.15) is 17.4 Å².